The number of ether oxygens (including phenoxy) is 5. The first kappa shape index (κ1) is 54.4. The van der Waals surface area contributed by atoms with Crippen LogP contribution in [0.3, 0.4) is 0 Å². The highest BCUT2D eigenvalue weighted by Gasteiger charge is 2.77. The van der Waals surface area contributed by atoms with Gasteiger partial charge in [0.25, 0.3) is 5.91 Å². The number of carbonyl (C=O) groups is 8. The highest BCUT2D eigenvalue weighted by Crippen LogP contribution is 2.67. The Kier molecular flexibility index (Phi) is 15.8. The van der Waals surface area contributed by atoms with Crippen LogP contribution >= 0.6 is 0 Å². The zero-order chi connectivity index (χ0) is 53.4. The van der Waals surface area contributed by atoms with Gasteiger partial charge in [0, 0.05) is 54.4 Å². The maximum Gasteiger partial charge on any atom is 0.338 e. The van der Waals surface area contributed by atoms with E-state index in [0.29, 0.717) is 5.56 Å². The van der Waals surface area contributed by atoms with Gasteiger partial charge in [-0.25, -0.2) is 9.59 Å². The zero-order valence-electron chi connectivity index (χ0n) is 42.7. The fourth-order valence-electron chi connectivity index (χ4n) is 11.8. The lowest BCUT2D eigenvalue weighted by molar-refractivity contribution is -0.320. The van der Waals surface area contributed by atoms with Crippen molar-refractivity contribution >= 4 is 47.1 Å². The van der Waals surface area contributed by atoms with Crippen LogP contribution in [0.25, 0.3) is 0 Å². The van der Waals surface area contributed by atoms with Crippen LogP contribution in [0.1, 0.15) is 107 Å². The molecule has 0 radical (unpaired) electrons. The van der Waals surface area contributed by atoms with E-state index in [1.54, 1.807) is 114 Å². The molecule has 11 atom stereocenters. The Morgan fingerprint density at radius 3 is 1.96 bits per heavy atom. The molecule has 1 aliphatic heterocycles. The van der Waals surface area contributed by atoms with E-state index in [0.717, 1.165) is 6.92 Å². The first-order chi connectivity index (χ1) is 34.4. The molecule has 1 heterocycles. The van der Waals surface area contributed by atoms with Crippen molar-refractivity contribution in [3.8, 4) is 0 Å². The molecule has 0 spiro atoms. The van der Waals surface area contributed by atoms with Crippen LogP contribution in [0.2, 0.25) is 0 Å². The fourth-order valence-corrected chi connectivity index (χ4v) is 11.8. The first-order valence-corrected chi connectivity index (χ1v) is 24.6. The topological polar surface area (TPSA) is 238 Å². The molecule has 17 nitrogen and oxygen atoms in total. The number of carbonyl (C=O) groups excluding carboxylic acids is 8. The van der Waals surface area contributed by atoms with Crippen molar-refractivity contribution in [2.24, 2.45) is 28.1 Å². The summed E-state index contributed by atoms with van der Waals surface area (Å²) in [5.74, 6) is -7.57. The number of hydrogen-bond acceptors (Lipinski definition) is 16. The number of esters is 4. The van der Waals surface area contributed by atoms with E-state index in [9.17, 15) is 43.8 Å². The Hall–Kier alpha value is -6.40. The molecule has 3 fully saturated rings. The third-order valence-electron chi connectivity index (χ3n) is 15.7. The van der Waals surface area contributed by atoms with Crippen LogP contribution in [-0.4, -0.2) is 131 Å². The molecule has 2 bridgehead atoms. The van der Waals surface area contributed by atoms with E-state index in [1.807, 2.05) is 0 Å². The third kappa shape index (κ3) is 10.3. The number of benzene rings is 3. The largest absolute Gasteiger partial charge is 0.460 e. The molecule has 3 N–H and O–H groups in total. The van der Waals surface area contributed by atoms with E-state index >= 15 is 4.79 Å². The average Bonchev–Trinajstić information content (AvgIpc) is 3.33. The number of rotatable bonds is 17. The smallest absolute Gasteiger partial charge is 0.338 e. The van der Waals surface area contributed by atoms with Gasteiger partial charge in [0.1, 0.15) is 35.5 Å². The van der Waals surface area contributed by atoms with Crippen LogP contribution in [0, 0.1) is 28.1 Å². The monoisotopic (exact) mass is 1010 g/mol. The maximum atomic E-state index is 16.3. The van der Waals surface area contributed by atoms with Gasteiger partial charge in [-0.15, -0.1) is 0 Å². The van der Waals surface area contributed by atoms with Crippen molar-refractivity contribution in [1.29, 1.82) is 0 Å². The minimum absolute atomic E-state index is 0.0178. The lowest BCUT2D eigenvalue weighted by Gasteiger charge is -2.68. The van der Waals surface area contributed by atoms with Crippen molar-refractivity contribution in [3.63, 3.8) is 0 Å². The van der Waals surface area contributed by atoms with Gasteiger partial charge in [-0.3, -0.25) is 28.9 Å². The van der Waals surface area contributed by atoms with Crippen molar-refractivity contribution in [3.05, 3.63) is 119 Å². The molecule has 0 unspecified atom stereocenters. The quantitative estimate of drug-likeness (QED) is 0.0905. The van der Waals surface area contributed by atoms with Gasteiger partial charge >= 0.3 is 23.9 Å². The second-order valence-corrected chi connectivity index (χ2v) is 21.2. The predicted molar refractivity (Wildman–Crippen MR) is 262 cm³/mol. The highest BCUT2D eigenvalue weighted by atomic mass is 16.6. The average molecular weight is 1010 g/mol. The van der Waals surface area contributed by atoms with Gasteiger partial charge in [0.2, 0.25) is 0 Å². The second-order valence-electron chi connectivity index (χ2n) is 21.2. The van der Waals surface area contributed by atoms with Gasteiger partial charge in [0.15, 0.2) is 18.0 Å². The van der Waals surface area contributed by atoms with E-state index in [2.05, 4.69) is 5.32 Å². The van der Waals surface area contributed by atoms with E-state index < -0.39 is 112 Å². The van der Waals surface area contributed by atoms with Crippen LogP contribution in [0.4, 0.5) is 0 Å². The number of nitrogens with zero attached hydrogens (tertiary/aromatic N) is 1. The van der Waals surface area contributed by atoms with Crippen LogP contribution < -0.4 is 5.32 Å². The Morgan fingerprint density at radius 1 is 0.822 bits per heavy atom. The van der Waals surface area contributed by atoms with E-state index in [1.165, 1.54) is 37.8 Å². The summed E-state index contributed by atoms with van der Waals surface area (Å²) in [4.78, 5) is 114. The minimum atomic E-state index is -2.42. The number of likely N-dealkylation sites (N-methyl/N-ethyl adjacent to an activating group) is 1. The molecule has 2 saturated carbocycles. The summed E-state index contributed by atoms with van der Waals surface area (Å²) in [6.45, 7) is 11.5. The molecule has 1 amide bonds. The summed E-state index contributed by atoms with van der Waals surface area (Å²) >= 11 is 0. The number of hydrogen-bond donors (Lipinski definition) is 3. The summed E-state index contributed by atoms with van der Waals surface area (Å²) in [6.07, 6.45) is -10.5. The molecule has 3 aliphatic carbocycles. The van der Waals surface area contributed by atoms with Crippen LogP contribution in [0.15, 0.2) is 102 Å². The second kappa shape index (κ2) is 21.2. The first-order valence-electron chi connectivity index (χ1n) is 24.6. The summed E-state index contributed by atoms with van der Waals surface area (Å²) in [5.41, 5.74) is -6.76. The number of Topliss-reactive ketones (excluding diaryl/α,β-unsaturated/α-hetero) is 3. The molecule has 73 heavy (non-hydrogen) atoms. The molecule has 3 aromatic carbocycles. The van der Waals surface area contributed by atoms with Gasteiger partial charge in [0.05, 0.1) is 42.8 Å². The van der Waals surface area contributed by atoms with Gasteiger partial charge in [-0.2, -0.15) is 0 Å². The molecule has 0 aromatic heterocycles. The predicted octanol–water partition coefficient (Wildman–Crippen LogP) is 5.11. The molecule has 4 aliphatic rings. The standard InChI is InChI=1S/C56H66N2O15/c1-31(2)38(61)28-58(9)29-42(62)72-40-25-41-55(30-69-41,26-32(3)59)47-49(73-51(66)37-23-17-12-18-24-37)56(68)27-39(33(4)43(53(56,6)7)46(70-34(5)60)48(64)54(40,47)8)71-52(67)45(63)44(35-19-13-10-14-20-35)57-50(65)36-21-15-11-16-22-36/h10-24,31,39-41,44-47,49,63,68H,25-30H2,1-9H3,(H,57,65)/t39-,40-,41+,44-,45+,46+,47-,49-,54+,55+,56+/m0/s1. The lowest BCUT2D eigenvalue weighted by atomic mass is 9.41. The van der Waals surface area contributed by atoms with Crippen molar-refractivity contribution in [1.82, 2.24) is 10.2 Å². The minimum Gasteiger partial charge on any atom is -0.460 e. The van der Waals surface area contributed by atoms with E-state index in [-0.39, 0.29) is 72.3 Å². The van der Waals surface area contributed by atoms with Gasteiger partial charge in [-0.1, -0.05) is 94.4 Å². The van der Waals surface area contributed by atoms with Crippen molar-refractivity contribution < 1.29 is 72.3 Å². The third-order valence-corrected chi connectivity index (χ3v) is 15.7. The van der Waals surface area contributed by atoms with Crippen LogP contribution in [-0.2, 0) is 52.5 Å². The summed E-state index contributed by atoms with van der Waals surface area (Å²) in [6, 6.07) is 23.0. The molecular formula is C56H66N2O15. The molecule has 17 heteroatoms. The Balaban J connectivity index is 1.40. The van der Waals surface area contributed by atoms with E-state index in [4.69, 9.17) is 23.7 Å². The molecule has 3 aromatic rings. The summed E-state index contributed by atoms with van der Waals surface area (Å²) < 4.78 is 31.4. The molecule has 1 saturated heterocycles. The summed E-state index contributed by atoms with van der Waals surface area (Å²) in [5, 5.41) is 28.8. The Morgan fingerprint density at radius 2 is 1.41 bits per heavy atom. The van der Waals surface area contributed by atoms with Crippen molar-refractivity contribution in [2.75, 3.05) is 26.7 Å². The van der Waals surface area contributed by atoms with Gasteiger partial charge in [-0.05, 0) is 68.8 Å². The molecule has 7 rings (SSSR count). The highest BCUT2D eigenvalue weighted by molar-refractivity contribution is 5.97. The van der Waals surface area contributed by atoms with Crippen LogP contribution in [0.5, 0.6) is 0 Å². The number of amides is 1. The molecular weight excluding hydrogens is 941 g/mol. The number of fused-ring (bicyclic) bond motifs is 5. The number of aliphatic hydroxyl groups is 2. The Labute approximate surface area is 424 Å². The van der Waals surface area contributed by atoms with Gasteiger partial charge < -0.3 is 44.0 Å². The van der Waals surface area contributed by atoms with Crippen molar-refractivity contribution in [2.45, 2.75) is 123 Å². The lowest BCUT2D eigenvalue weighted by Crippen LogP contribution is -2.79. The fraction of sp³-hybridized carbons (Fsp3) is 0.500. The Bertz CT molecular complexity index is 2650. The number of nitrogens with one attached hydrogen (secondary N) is 1. The SMILES string of the molecule is CC(=O)C[C@@]12CO[C@@H]1C[C@H](OC(=O)CN(C)CC(=O)C(C)C)[C@@]1(C)C(=O)[C@H](OC(C)=O)C3=C(C)[C@@H](OC(=O)[C@H](O)[C@@H](NC(=O)c4ccccc4)c4ccccc4)C[C@@](O)([C@@H](OC(=O)c4ccccc4)[C@H]21)C3(C)C. The molecule has 390 valence electrons. The normalized spacial score (nSPS) is 28.9. The maximum absolute atomic E-state index is 16.3. The summed E-state index contributed by atoms with van der Waals surface area (Å²) in [7, 11) is 1.56. The number of ketones is 3. The number of aliphatic hydroxyl groups excluding tert-OH is 1. The zero-order valence-corrected chi connectivity index (χ0v) is 42.7.